The number of benzene rings is 1. The summed E-state index contributed by atoms with van der Waals surface area (Å²) >= 11 is 0. The van der Waals surface area contributed by atoms with Gasteiger partial charge in [-0.05, 0) is 24.3 Å². The maximum Gasteiger partial charge on any atom is 0.324 e. The molecule has 3 amide bonds. The lowest BCUT2D eigenvalue weighted by Gasteiger charge is -2.12. The zero-order valence-corrected chi connectivity index (χ0v) is 17.4. The molecule has 0 atom stereocenters. The second-order valence-corrected chi connectivity index (χ2v) is 7.41. The number of carbonyl (C=O) groups excluding carboxylic acids is 2. The van der Waals surface area contributed by atoms with Crippen LogP contribution in [0.25, 0.3) is 0 Å². The monoisotopic (exact) mass is 426 g/mol. The van der Waals surface area contributed by atoms with Gasteiger partial charge in [0.25, 0.3) is 5.91 Å². The lowest BCUT2D eigenvalue weighted by atomic mass is 9.93. The summed E-state index contributed by atoms with van der Waals surface area (Å²) in [7, 11) is 1.32. The van der Waals surface area contributed by atoms with Gasteiger partial charge in [-0.2, -0.15) is 0 Å². The molecule has 11 nitrogen and oxygen atoms in total. The molecule has 2 aromatic heterocycles. The fourth-order valence-corrected chi connectivity index (χ4v) is 2.36. The highest BCUT2D eigenvalue weighted by molar-refractivity contribution is 5.99. The molecule has 31 heavy (non-hydrogen) atoms. The Morgan fingerprint density at radius 2 is 1.77 bits per heavy atom. The van der Waals surface area contributed by atoms with E-state index in [9.17, 15) is 9.59 Å². The topological polar surface area (TPSA) is 140 Å². The number of hydrogen-bond donors (Lipinski definition) is 3. The highest BCUT2D eigenvalue weighted by Gasteiger charge is 2.20. The summed E-state index contributed by atoms with van der Waals surface area (Å²) in [4.78, 5) is 36.3. The predicted molar refractivity (Wildman–Crippen MR) is 111 cm³/mol. The van der Waals surface area contributed by atoms with Crippen molar-refractivity contribution in [3.05, 3.63) is 54.2 Å². The number of anilines is 2. The van der Waals surface area contributed by atoms with Crippen molar-refractivity contribution in [3.63, 3.8) is 0 Å². The first kappa shape index (κ1) is 21.7. The Morgan fingerprint density at radius 1 is 1.03 bits per heavy atom. The van der Waals surface area contributed by atoms with Gasteiger partial charge >= 0.3 is 6.03 Å². The van der Waals surface area contributed by atoms with E-state index in [0.29, 0.717) is 23.0 Å². The van der Waals surface area contributed by atoms with Crippen molar-refractivity contribution >= 4 is 23.4 Å². The molecule has 3 rings (SSSR count). The molecule has 0 spiro atoms. The number of amides is 3. The average Bonchev–Trinajstić information content (AvgIpc) is 3.19. The minimum Gasteiger partial charge on any atom is -0.439 e. The first-order valence-corrected chi connectivity index (χ1v) is 9.23. The summed E-state index contributed by atoms with van der Waals surface area (Å²) in [6.45, 7) is 5.95. The molecule has 0 aliphatic heterocycles. The van der Waals surface area contributed by atoms with Crippen LogP contribution in [0.3, 0.4) is 0 Å². The van der Waals surface area contributed by atoms with Crippen LogP contribution < -0.4 is 20.9 Å². The molecule has 0 bridgehead atoms. The lowest BCUT2D eigenvalue weighted by molar-refractivity contribution is 0.0532. The number of carbonyl (C=O) groups is 2. The maximum absolute atomic E-state index is 12.2. The van der Waals surface area contributed by atoms with Gasteiger partial charge in [0, 0.05) is 23.2 Å². The van der Waals surface area contributed by atoms with Crippen LogP contribution in [0.15, 0.2) is 47.2 Å². The third kappa shape index (κ3) is 6.00. The average molecular weight is 426 g/mol. The Morgan fingerprint density at radius 3 is 2.42 bits per heavy atom. The molecule has 0 saturated heterocycles. The van der Waals surface area contributed by atoms with E-state index in [2.05, 4.69) is 36.1 Å². The number of rotatable bonds is 6. The number of hydroxylamine groups is 1. The number of nitrogens with zero attached hydrogens (tertiary/aromatic N) is 3. The zero-order valence-electron chi connectivity index (χ0n) is 17.4. The first-order valence-electron chi connectivity index (χ1n) is 9.23. The molecular weight excluding hydrogens is 404 g/mol. The van der Waals surface area contributed by atoms with Gasteiger partial charge in [-0.15, -0.1) is 0 Å². The Kier molecular flexibility index (Phi) is 6.46. The standard InChI is InChI=1S/C20H22N6O5/c1-20(2,3)15-10-16(25-31-15)24-19(28)23-12-5-7-13(8-6-12)30-17-9-14(21-11-22-17)18(27)26-29-4/h5-11H,1-4H3,(H,26,27)(H2,23,24,25,28). The fourth-order valence-electron chi connectivity index (χ4n) is 2.36. The Bertz CT molecular complexity index is 1060. The van der Waals surface area contributed by atoms with Crippen LogP contribution >= 0.6 is 0 Å². The van der Waals surface area contributed by atoms with Gasteiger partial charge in [0.15, 0.2) is 5.82 Å². The molecule has 0 aliphatic carbocycles. The van der Waals surface area contributed by atoms with Gasteiger partial charge in [0.05, 0.1) is 7.11 Å². The van der Waals surface area contributed by atoms with Crippen LogP contribution in [-0.2, 0) is 10.3 Å². The van der Waals surface area contributed by atoms with Gasteiger partial charge in [0.2, 0.25) is 5.88 Å². The third-order valence-electron chi connectivity index (χ3n) is 3.89. The minimum atomic E-state index is -0.526. The Hall–Kier alpha value is -3.99. The molecule has 0 radical (unpaired) electrons. The van der Waals surface area contributed by atoms with Crippen molar-refractivity contribution in [2.45, 2.75) is 26.2 Å². The fraction of sp³-hybridized carbons (Fsp3) is 0.250. The predicted octanol–water partition coefficient (Wildman–Crippen LogP) is 3.49. The minimum absolute atomic E-state index is 0.0873. The summed E-state index contributed by atoms with van der Waals surface area (Å²) in [5.41, 5.74) is 2.57. The SMILES string of the molecule is CONC(=O)c1cc(Oc2ccc(NC(=O)Nc3cc(C(C)(C)C)on3)cc2)ncn1. The van der Waals surface area contributed by atoms with Crippen molar-refractivity contribution in [2.75, 3.05) is 17.7 Å². The highest BCUT2D eigenvalue weighted by atomic mass is 16.6. The van der Waals surface area contributed by atoms with Gasteiger partial charge < -0.3 is 14.6 Å². The molecule has 162 valence electrons. The molecule has 0 aliphatic rings. The van der Waals surface area contributed by atoms with Crippen molar-refractivity contribution in [3.8, 4) is 11.6 Å². The summed E-state index contributed by atoms with van der Waals surface area (Å²) in [6, 6.07) is 9.17. The van der Waals surface area contributed by atoms with Crippen LogP contribution in [-0.4, -0.2) is 34.2 Å². The molecule has 1 aromatic carbocycles. The summed E-state index contributed by atoms with van der Waals surface area (Å²) < 4.78 is 10.9. The molecule has 0 unspecified atom stereocenters. The van der Waals surface area contributed by atoms with Gasteiger partial charge in [0.1, 0.15) is 23.5 Å². The largest absolute Gasteiger partial charge is 0.439 e. The van der Waals surface area contributed by atoms with E-state index in [1.807, 2.05) is 20.8 Å². The quantitative estimate of drug-likeness (QED) is 0.509. The van der Waals surface area contributed by atoms with E-state index < -0.39 is 11.9 Å². The van der Waals surface area contributed by atoms with Crippen molar-refractivity contribution in [1.29, 1.82) is 0 Å². The van der Waals surface area contributed by atoms with E-state index in [1.165, 1.54) is 19.5 Å². The van der Waals surface area contributed by atoms with Crippen LogP contribution in [0.1, 0.15) is 37.0 Å². The summed E-state index contributed by atoms with van der Waals surface area (Å²) in [5.74, 6) is 1.09. The molecule has 3 aromatic rings. The van der Waals surface area contributed by atoms with E-state index >= 15 is 0 Å². The zero-order chi connectivity index (χ0) is 22.4. The number of aromatic nitrogens is 3. The summed E-state index contributed by atoms with van der Waals surface area (Å²) in [5, 5.41) is 9.14. The lowest BCUT2D eigenvalue weighted by Crippen LogP contribution is -2.22. The maximum atomic E-state index is 12.2. The van der Waals surface area contributed by atoms with E-state index in [0.717, 1.165) is 0 Å². The third-order valence-corrected chi connectivity index (χ3v) is 3.89. The first-order chi connectivity index (χ1) is 14.7. The van der Waals surface area contributed by atoms with E-state index in [4.69, 9.17) is 9.26 Å². The molecular formula is C20H22N6O5. The Balaban J connectivity index is 1.58. The van der Waals surface area contributed by atoms with Crippen LogP contribution in [0.2, 0.25) is 0 Å². The molecule has 2 heterocycles. The number of hydrogen-bond acceptors (Lipinski definition) is 8. The van der Waals surface area contributed by atoms with Gasteiger partial charge in [-0.3, -0.25) is 14.9 Å². The molecule has 0 saturated carbocycles. The number of urea groups is 1. The van der Waals surface area contributed by atoms with Crippen molar-refractivity contribution in [2.24, 2.45) is 0 Å². The van der Waals surface area contributed by atoms with Crippen molar-refractivity contribution in [1.82, 2.24) is 20.6 Å². The highest BCUT2D eigenvalue weighted by Crippen LogP contribution is 2.25. The second-order valence-electron chi connectivity index (χ2n) is 7.41. The Labute approximate surface area is 178 Å². The van der Waals surface area contributed by atoms with Gasteiger partial charge in [-0.1, -0.05) is 25.9 Å². The summed E-state index contributed by atoms with van der Waals surface area (Å²) in [6.07, 6.45) is 1.20. The van der Waals surface area contributed by atoms with E-state index in [1.54, 1.807) is 30.3 Å². The molecule has 0 fully saturated rings. The normalized spacial score (nSPS) is 11.0. The number of nitrogens with one attached hydrogen (secondary N) is 3. The van der Waals surface area contributed by atoms with E-state index in [-0.39, 0.29) is 17.0 Å². The van der Waals surface area contributed by atoms with Crippen molar-refractivity contribution < 1.29 is 23.7 Å². The molecule has 11 heteroatoms. The van der Waals surface area contributed by atoms with Crippen LogP contribution in [0.5, 0.6) is 11.6 Å². The van der Waals surface area contributed by atoms with Crippen LogP contribution in [0.4, 0.5) is 16.3 Å². The second kappa shape index (κ2) is 9.22. The van der Waals surface area contributed by atoms with Crippen LogP contribution in [0, 0.1) is 0 Å². The molecule has 3 N–H and O–H groups in total. The van der Waals surface area contributed by atoms with Gasteiger partial charge in [-0.25, -0.2) is 20.2 Å². The number of ether oxygens (including phenoxy) is 1. The smallest absolute Gasteiger partial charge is 0.324 e.